The van der Waals surface area contributed by atoms with Gasteiger partial charge in [0.05, 0.1) is 12.0 Å². The lowest BCUT2D eigenvalue weighted by molar-refractivity contribution is -0.139. The summed E-state index contributed by atoms with van der Waals surface area (Å²) in [5, 5.41) is 8.49. The topological polar surface area (TPSA) is 64.3 Å². The Bertz CT molecular complexity index is 485. The molecule has 0 amide bonds. The Balaban J connectivity index is 0.00000144. The van der Waals surface area contributed by atoms with Crippen LogP contribution in [0, 0.1) is 0 Å². The van der Waals surface area contributed by atoms with E-state index in [-0.39, 0.29) is 19.0 Å². The lowest BCUT2D eigenvalue weighted by Gasteiger charge is -2.06. The van der Waals surface area contributed by atoms with Crippen molar-refractivity contribution in [2.45, 2.75) is 0 Å². The van der Waals surface area contributed by atoms with Gasteiger partial charge in [-0.2, -0.15) is 0 Å². The molecule has 17 heavy (non-hydrogen) atoms. The predicted octanol–water partition coefficient (Wildman–Crippen LogP) is 1.76. The van der Waals surface area contributed by atoms with E-state index < -0.39 is 5.97 Å². The van der Waals surface area contributed by atoms with Crippen LogP contribution in [0.15, 0.2) is 43.0 Å². The van der Waals surface area contributed by atoms with Gasteiger partial charge in [0, 0.05) is 18.5 Å². The number of hydrogen-bond acceptors (Lipinski definition) is 3. The van der Waals surface area contributed by atoms with Crippen LogP contribution < -0.4 is 4.74 Å². The Morgan fingerprint density at radius 3 is 2.94 bits per heavy atom. The molecule has 6 heteroatoms. The van der Waals surface area contributed by atoms with E-state index in [2.05, 4.69) is 4.98 Å². The fourth-order valence-corrected chi connectivity index (χ4v) is 1.29. The highest BCUT2D eigenvalue weighted by molar-refractivity contribution is 5.85. The molecule has 2 aromatic rings. The van der Waals surface area contributed by atoms with Crippen LogP contribution in [0.25, 0.3) is 5.69 Å². The summed E-state index contributed by atoms with van der Waals surface area (Å²) in [6.07, 6.45) is 5.14. The van der Waals surface area contributed by atoms with Crippen molar-refractivity contribution in [1.82, 2.24) is 9.55 Å². The van der Waals surface area contributed by atoms with Crippen LogP contribution in [0.2, 0.25) is 0 Å². The Hall–Kier alpha value is -2.01. The van der Waals surface area contributed by atoms with Crippen LogP contribution in [-0.4, -0.2) is 27.2 Å². The number of ether oxygens (including phenoxy) is 1. The van der Waals surface area contributed by atoms with E-state index in [1.165, 1.54) is 0 Å². The van der Waals surface area contributed by atoms with Gasteiger partial charge in [-0.15, -0.1) is 12.4 Å². The van der Waals surface area contributed by atoms with Gasteiger partial charge in [-0.25, -0.2) is 9.78 Å². The Morgan fingerprint density at radius 2 is 2.29 bits per heavy atom. The molecule has 0 aliphatic heterocycles. The molecule has 5 nitrogen and oxygen atoms in total. The fraction of sp³-hybridized carbons (Fsp3) is 0.0909. The summed E-state index contributed by atoms with van der Waals surface area (Å²) in [6.45, 7) is -0.340. The normalized spacial score (nSPS) is 9.41. The molecule has 0 bridgehead atoms. The van der Waals surface area contributed by atoms with Crippen LogP contribution in [0.5, 0.6) is 5.75 Å². The summed E-state index contributed by atoms with van der Waals surface area (Å²) >= 11 is 0. The number of hydrogen-bond donors (Lipinski definition) is 1. The van der Waals surface area contributed by atoms with Gasteiger partial charge in [-0.05, 0) is 12.1 Å². The van der Waals surface area contributed by atoms with Crippen molar-refractivity contribution >= 4 is 18.4 Å². The third-order valence-electron chi connectivity index (χ3n) is 1.98. The molecule has 0 atom stereocenters. The maximum Gasteiger partial charge on any atom is 0.341 e. The van der Waals surface area contributed by atoms with Crippen molar-refractivity contribution in [3.63, 3.8) is 0 Å². The van der Waals surface area contributed by atoms with Gasteiger partial charge < -0.3 is 14.4 Å². The van der Waals surface area contributed by atoms with Gasteiger partial charge >= 0.3 is 5.97 Å². The number of benzene rings is 1. The van der Waals surface area contributed by atoms with Gasteiger partial charge in [0.25, 0.3) is 0 Å². The van der Waals surface area contributed by atoms with E-state index in [0.29, 0.717) is 5.75 Å². The number of halogens is 1. The number of carbonyl (C=O) groups is 1. The highest BCUT2D eigenvalue weighted by Crippen LogP contribution is 2.16. The maximum atomic E-state index is 10.3. The number of nitrogens with zero attached hydrogens (tertiary/aromatic N) is 2. The van der Waals surface area contributed by atoms with Crippen LogP contribution >= 0.6 is 12.4 Å². The number of carboxylic acids is 1. The molecular weight excluding hydrogens is 244 g/mol. The Morgan fingerprint density at radius 1 is 1.47 bits per heavy atom. The zero-order valence-electron chi connectivity index (χ0n) is 8.81. The summed E-state index contributed by atoms with van der Waals surface area (Å²) in [6, 6.07) is 7.15. The minimum absolute atomic E-state index is 0. The van der Waals surface area contributed by atoms with Crippen molar-refractivity contribution in [3.8, 4) is 11.4 Å². The molecule has 2 rings (SSSR count). The lowest BCUT2D eigenvalue weighted by Crippen LogP contribution is -2.09. The zero-order chi connectivity index (χ0) is 11.4. The van der Waals surface area contributed by atoms with E-state index >= 15 is 0 Å². The SMILES string of the molecule is Cl.O=C(O)COc1cccc(-n2ccnc2)c1. The molecule has 0 aliphatic carbocycles. The molecule has 1 aromatic heterocycles. The Kier molecular flexibility index (Phi) is 4.54. The standard InChI is InChI=1S/C11H10N2O3.ClH/c14-11(15)7-16-10-3-1-2-9(6-10)13-5-4-12-8-13;/h1-6,8H,7H2,(H,14,15);1H. The monoisotopic (exact) mass is 254 g/mol. The molecule has 0 unspecified atom stereocenters. The van der Waals surface area contributed by atoms with Crippen LogP contribution in [-0.2, 0) is 4.79 Å². The third-order valence-corrected chi connectivity index (χ3v) is 1.98. The van der Waals surface area contributed by atoms with Gasteiger partial charge in [0.15, 0.2) is 6.61 Å². The summed E-state index contributed by atoms with van der Waals surface area (Å²) in [5.41, 5.74) is 0.875. The third kappa shape index (κ3) is 3.49. The van der Waals surface area contributed by atoms with E-state index in [4.69, 9.17) is 9.84 Å². The number of aromatic nitrogens is 2. The quantitative estimate of drug-likeness (QED) is 0.903. The summed E-state index contributed by atoms with van der Waals surface area (Å²) < 4.78 is 6.89. The largest absolute Gasteiger partial charge is 0.482 e. The molecule has 90 valence electrons. The number of imidazole rings is 1. The summed E-state index contributed by atoms with van der Waals surface area (Å²) in [7, 11) is 0. The first-order chi connectivity index (χ1) is 7.75. The molecule has 0 spiro atoms. The average Bonchev–Trinajstić information content (AvgIpc) is 2.80. The molecule has 1 heterocycles. The second-order valence-corrected chi connectivity index (χ2v) is 3.15. The van der Waals surface area contributed by atoms with E-state index in [1.807, 2.05) is 10.6 Å². The molecule has 1 N–H and O–H groups in total. The first kappa shape index (κ1) is 13.1. The summed E-state index contributed by atoms with van der Waals surface area (Å²) in [4.78, 5) is 14.3. The van der Waals surface area contributed by atoms with Gasteiger partial charge in [-0.1, -0.05) is 6.07 Å². The number of carboxylic acid groups (broad SMARTS) is 1. The smallest absolute Gasteiger partial charge is 0.341 e. The highest BCUT2D eigenvalue weighted by atomic mass is 35.5. The van der Waals surface area contributed by atoms with Crippen molar-refractivity contribution in [2.24, 2.45) is 0 Å². The first-order valence-corrected chi connectivity index (χ1v) is 4.69. The molecular formula is C11H11ClN2O3. The van der Waals surface area contributed by atoms with Crippen molar-refractivity contribution in [1.29, 1.82) is 0 Å². The first-order valence-electron chi connectivity index (χ1n) is 4.69. The van der Waals surface area contributed by atoms with Crippen molar-refractivity contribution in [2.75, 3.05) is 6.61 Å². The van der Waals surface area contributed by atoms with Crippen LogP contribution in [0.4, 0.5) is 0 Å². The van der Waals surface area contributed by atoms with Crippen LogP contribution in [0.3, 0.4) is 0 Å². The second kappa shape index (κ2) is 5.91. The highest BCUT2D eigenvalue weighted by Gasteiger charge is 2.01. The number of rotatable bonds is 4. The molecule has 0 fully saturated rings. The van der Waals surface area contributed by atoms with Gasteiger partial charge in [-0.3, -0.25) is 0 Å². The van der Waals surface area contributed by atoms with Gasteiger partial charge in [0.1, 0.15) is 5.75 Å². The minimum Gasteiger partial charge on any atom is -0.482 e. The maximum absolute atomic E-state index is 10.3. The van der Waals surface area contributed by atoms with Gasteiger partial charge in [0.2, 0.25) is 0 Å². The van der Waals surface area contributed by atoms with Crippen molar-refractivity contribution < 1.29 is 14.6 Å². The van der Waals surface area contributed by atoms with E-state index in [9.17, 15) is 4.79 Å². The lowest BCUT2D eigenvalue weighted by atomic mass is 10.3. The zero-order valence-corrected chi connectivity index (χ0v) is 9.63. The minimum atomic E-state index is -0.993. The molecule has 0 saturated carbocycles. The van der Waals surface area contributed by atoms with E-state index in [0.717, 1.165) is 5.69 Å². The molecule has 0 radical (unpaired) electrons. The van der Waals surface area contributed by atoms with Crippen LogP contribution in [0.1, 0.15) is 0 Å². The number of aliphatic carboxylic acids is 1. The fourth-order valence-electron chi connectivity index (χ4n) is 1.29. The second-order valence-electron chi connectivity index (χ2n) is 3.15. The Labute approximate surface area is 104 Å². The molecule has 0 saturated heterocycles. The predicted molar refractivity (Wildman–Crippen MR) is 63.9 cm³/mol. The van der Waals surface area contributed by atoms with E-state index in [1.54, 1.807) is 36.9 Å². The molecule has 1 aromatic carbocycles. The molecule has 0 aliphatic rings. The van der Waals surface area contributed by atoms with Crippen molar-refractivity contribution in [3.05, 3.63) is 43.0 Å². The summed E-state index contributed by atoms with van der Waals surface area (Å²) in [5.74, 6) is -0.471. The average molecular weight is 255 g/mol.